The van der Waals surface area contributed by atoms with E-state index in [4.69, 9.17) is 11.6 Å². The average Bonchev–Trinajstić information content (AvgIpc) is 2.08. The van der Waals surface area contributed by atoms with Crippen LogP contribution in [0, 0.1) is 15.3 Å². The summed E-state index contributed by atoms with van der Waals surface area (Å²) in [5.41, 5.74) is 0.270. The summed E-state index contributed by atoms with van der Waals surface area (Å²) in [7, 11) is 0. The van der Waals surface area contributed by atoms with E-state index in [0.29, 0.717) is 10.3 Å². The van der Waals surface area contributed by atoms with Crippen molar-refractivity contribution < 1.29 is 9.65 Å². The van der Waals surface area contributed by atoms with Gasteiger partial charge in [0.1, 0.15) is 6.07 Å². The Morgan fingerprint density at radius 2 is 2.14 bits per heavy atom. The summed E-state index contributed by atoms with van der Waals surface area (Å²) in [6.45, 7) is 3.55. The monoisotopic (exact) mass is 216 g/mol. The summed E-state index contributed by atoms with van der Waals surface area (Å²) in [6.07, 6.45) is 1.14. The second-order valence-electron chi connectivity index (χ2n) is 3.17. The summed E-state index contributed by atoms with van der Waals surface area (Å²) in [5, 5.41) is 21.5. The molecule has 0 radical (unpaired) electrons. The molecule has 1 rings (SSSR count). The molecule has 0 spiro atoms. The van der Waals surface area contributed by atoms with Crippen LogP contribution in [0.3, 0.4) is 0 Å². The Labute approximate surface area is 85.7 Å². The minimum absolute atomic E-state index is 0.0899. The van der Waals surface area contributed by atoms with Gasteiger partial charge in [-0.15, -0.1) is 0 Å². The lowest BCUT2D eigenvalue weighted by atomic mass is 10.0. The summed E-state index contributed by atoms with van der Waals surface area (Å²) < 4.78 is 0.421. The van der Waals surface area contributed by atoms with Crippen molar-refractivity contribution in [1.29, 1.82) is 0 Å². The Hall–Kier alpha value is -1.36. The van der Waals surface area contributed by atoms with Crippen LogP contribution >= 0.6 is 11.6 Å². The van der Waals surface area contributed by atoms with Crippen LogP contribution in [-0.2, 0) is 0 Å². The Bertz CT molecular complexity index is 379. The normalized spacial score (nSPS) is 10.6. The molecule has 6 heteroatoms. The predicted octanol–water partition coefficient (Wildman–Crippen LogP) is 2.00. The van der Waals surface area contributed by atoms with Gasteiger partial charge in [0.05, 0.1) is 10.5 Å². The number of pyridine rings is 1. The molecule has 1 aromatic rings. The molecule has 0 saturated heterocycles. The fourth-order valence-corrected chi connectivity index (χ4v) is 1.27. The SMILES string of the molecule is CC(C)c1c[n+]([O-])c(Cl)cc1[N+](=O)[O-]. The minimum Gasteiger partial charge on any atom is -0.618 e. The first-order valence-corrected chi connectivity index (χ1v) is 4.38. The minimum atomic E-state index is -0.540. The number of nitro groups is 1. The van der Waals surface area contributed by atoms with E-state index in [1.165, 1.54) is 0 Å². The maximum Gasteiger partial charge on any atom is 0.293 e. The molecule has 0 bridgehead atoms. The molecule has 0 aliphatic rings. The second kappa shape index (κ2) is 3.79. The molecule has 14 heavy (non-hydrogen) atoms. The maximum atomic E-state index is 11.1. The quantitative estimate of drug-likeness (QED) is 0.250. The summed E-state index contributed by atoms with van der Waals surface area (Å²) in [4.78, 5) is 10.1. The van der Waals surface area contributed by atoms with Crippen LogP contribution in [0.25, 0.3) is 0 Å². The third-order valence-corrected chi connectivity index (χ3v) is 2.11. The third-order valence-electron chi connectivity index (χ3n) is 1.84. The highest BCUT2D eigenvalue weighted by Gasteiger charge is 2.22. The molecule has 5 nitrogen and oxygen atoms in total. The van der Waals surface area contributed by atoms with Crippen LogP contribution in [0.5, 0.6) is 0 Å². The lowest BCUT2D eigenvalue weighted by Gasteiger charge is -2.06. The highest BCUT2D eigenvalue weighted by Crippen LogP contribution is 2.26. The largest absolute Gasteiger partial charge is 0.618 e. The van der Waals surface area contributed by atoms with Crippen LogP contribution in [-0.4, -0.2) is 4.92 Å². The highest BCUT2D eigenvalue weighted by molar-refractivity contribution is 6.28. The molecule has 1 aromatic heterocycles. The highest BCUT2D eigenvalue weighted by atomic mass is 35.5. The van der Waals surface area contributed by atoms with Gasteiger partial charge in [-0.05, 0) is 17.5 Å². The second-order valence-corrected chi connectivity index (χ2v) is 3.56. The molecule has 0 aliphatic heterocycles. The molecule has 0 fully saturated rings. The summed E-state index contributed by atoms with van der Waals surface area (Å²) in [6, 6.07) is 1.07. The Morgan fingerprint density at radius 1 is 1.57 bits per heavy atom. The first kappa shape index (κ1) is 10.7. The van der Waals surface area contributed by atoms with Crippen molar-refractivity contribution in [2.24, 2.45) is 0 Å². The smallest absolute Gasteiger partial charge is 0.293 e. The molecule has 0 aromatic carbocycles. The number of nitrogens with zero attached hydrogens (tertiary/aromatic N) is 2. The lowest BCUT2D eigenvalue weighted by Crippen LogP contribution is -2.28. The zero-order valence-corrected chi connectivity index (χ0v) is 8.49. The van der Waals surface area contributed by atoms with Gasteiger partial charge in [0.2, 0.25) is 0 Å². The van der Waals surface area contributed by atoms with Gasteiger partial charge < -0.3 is 5.21 Å². The molecule has 0 unspecified atom stereocenters. The summed E-state index contributed by atoms with van der Waals surface area (Å²) >= 11 is 5.48. The number of hydrogen-bond acceptors (Lipinski definition) is 3. The third kappa shape index (κ3) is 1.93. The van der Waals surface area contributed by atoms with Crippen molar-refractivity contribution in [1.82, 2.24) is 0 Å². The Kier molecular flexibility index (Phi) is 2.90. The van der Waals surface area contributed by atoms with E-state index < -0.39 is 4.92 Å². The summed E-state index contributed by atoms with van der Waals surface area (Å²) in [5.74, 6) is -0.0899. The molecule has 0 N–H and O–H groups in total. The van der Waals surface area contributed by atoms with Crippen LogP contribution in [0.1, 0.15) is 25.3 Å². The van der Waals surface area contributed by atoms with Crippen LogP contribution in [0.4, 0.5) is 5.69 Å². The van der Waals surface area contributed by atoms with E-state index in [9.17, 15) is 15.3 Å². The van der Waals surface area contributed by atoms with Crippen LogP contribution < -0.4 is 4.73 Å². The molecule has 0 amide bonds. The van der Waals surface area contributed by atoms with Gasteiger partial charge in [0, 0.05) is 0 Å². The molecule has 76 valence electrons. The fraction of sp³-hybridized carbons (Fsp3) is 0.375. The van der Waals surface area contributed by atoms with Gasteiger partial charge in [-0.3, -0.25) is 10.1 Å². The molecular formula is C8H9ClN2O3. The number of halogens is 1. The lowest BCUT2D eigenvalue weighted by molar-refractivity contribution is -0.604. The topological polar surface area (TPSA) is 70.1 Å². The molecule has 1 heterocycles. The van der Waals surface area contributed by atoms with Crippen molar-refractivity contribution in [2.75, 3.05) is 0 Å². The van der Waals surface area contributed by atoms with Gasteiger partial charge in [-0.25, -0.2) is 0 Å². The molecular weight excluding hydrogens is 208 g/mol. The van der Waals surface area contributed by atoms with Gasteiger partial charge in [0.25, 0.3) is 10.8 Å². The van der Waals surface area contributed by atoms with E-state index in [0.717, 1.165) is 12.3 Å². The standard InChI is InChI=1S/C8H9ClN2O3/c1-5(2)6-4-10(12)8(9)3-7(6)11(13)14/h3-5H,1-2H3. The van der Waals surface area contributed by atoms with Crippen molar-refractivity contribution in [3.05, 3.63) is 38.3 Å². The average molecular weight is 217 g/mol. The van der Waals surface area contributed by atoms with Crippen molar-refractivity contribution in [3.8, 4) is 0 Å². The van der Waals surface area contributed by atoms with E-state index in [1.807, 2.05) is 0 Å². The van der Waals surface area contributed by atoms with E-state index in [2.05, 4.69) is 0 Å². The molecule has 0 saturated carbocycles. The van der Waals surface area contributed by atoms with Gasteiger partial charge in [-0.1, -0.05) is 13.8 Å². The Balaban J connectivity index is 3.39. The Morgan fingerprint density at radius 3 is 2.57 bits per heavy atom. The van der Waals surface area contributed by atoms with Crippen molar-refractivity contribution in [3.63, 3.8) is 0 Å². The van der Waals surface area contributed by atoms with Crippen molar-refractivity contribution in [2.45, 2.75) is 19.8 Å². The van der Waals surface area contributed by atoms with Crippen LogP contribution in [0.2, 0.25) is 5.15 Å². The van der Waals surface area contributed by atoms with E-state index in [-0.39, 0.29) is 16.8 Å². The van der Waals surface area contributed by atoms with Crippen molar-refractivity contribution >= 4 is 17.3 Å². The zero-order chi connectivity index (χ0) is 10.9. The van der Waals surface area contributed by atoms with E-state index >= 15 is 0 Å². The van der Waals surface area contributed by atoms with Gasteiger partial charge >= 0.3 is 0 Å². The number of aromatic nitrogens is 1. The van der Waals surface area contributed by atoms with E-state index in [1.54, 1.807) is 13.8 Å². The van der Waals surface area contributed by atoms with Gasteiger partial charge in [-0.2, -0.15) is 4.73 Å². The zero-order valence-electron chi connectivity index (χ0n) is 7.73. The molecule has 0 aliphatic carbocycles. The molecule has 0 atom stereocenters. The first-order valence-electron chi connectivity index (χ1n) is 4.00. The fourth-order valence-electron chi connectivity index (χ4n) is 1.12. The number of hydrogen-bond donors (Lipinski definition) is 0. The predicted molar refractivity (Wildman–Crippen MR) is 51.2 cm³/mol. The first-order chi connectivity index (χ1) is 6.43. The van der Waals surface area contributed by atoms with Gasteiger partial charge in [0.15, 0.2) is 6.20 Å². The maximum absolute atomic E-state index is 11.1. The van der Waals surface area contributed by atoms with Crippen LogP contribution in [0.15, 0.2) is 12.3 Å². The number of rotatable bonds is 2.